The molecule has 0 bridgehead atoms. The van der Waals surface area contributed by atoms with Crippen molar-refractivity contribution < 1.29 is 0 Å². The molecule has 0 spiro atoms. The summed E-state index contributed by atoms with van der Waals surface area (Å²) in [6.45, 7) is 8.60. The summed E-state index contributed by atoms with van der Waals surface area (Å²) in [6.07, 6.45) is 0. The van der Waals surface area contributed by atoms with Crippen LogP contribution in [0.25, 0.3) is 11.0 Å². The maximum Gasteiger partial charge on any atom is 0.117 e. The van der Waals surface area contributed by atoms with Gasteiger partial charge in [-0.2, -0.15) is 0 Å². The molecule has 1 aromatic heterocycles. The number of aryl methyl sites for hydroxylation is 2. The Bertz CT molecular complexity index is 756. The Labute approximate surface area is 125 Å². The van der Waals surface area contributed by atoms with Crippen molar-refractivity contribution in [2.75, 3.05) is 5.73 Å². The second kappa shape index (κ2) is 4.62. The van der Waals surface area contributed by atoms with Gasteiger partial charge in [0.2, 0.25) is 0 Å². The van der Waals surface area contributed by atoms with Crippen LogP contribution < -0.4 is 5.73 Å². The summed E-state index contributed by atoms with van der Waals surface area (Å²) >= 11 is 0. The standard InChI is InChI=1S/C18H21N3/c1-11-9-15-16(10-12(11)2)21-17(20-15)18(3,4)13-5-7-14(19)8-6-13/h5-10H,19H2,1-4H3,(H,20,21). The largest absolute Gasteiger partial charge is 0.399 e. The van der Waals surface area contributed by atoms with Gasteiger partial charge >= 0.3 is 0 Å². The molecule has 3 heteroatoms. The Morgan fingerprint density at radius 1 is 1.00 bits per heavy atom. The fourth-order valence-electron chi connectivity index (χ4n) is 2.60. The number of aromatic nitrogens is 2. The highest BCUT2D eigenvalue weighted by molar-refractivity contribution is 5.77. The van der Waals surface area contributed by atoms with Crippen LogP contribution in [0.1, 0.15) is 36.4 Å². The van der Waals surface area contributed by atoms with E-state index in [1.54, 1.807) is 0 Å². The predicted molar refractivity (Wildman–Crippen MR) is 88.6 cm³/mol. The van der Waals surface area contributed by atoms with E-state index < -0.39 is 0 Å². The number of nitrogen functional groups attached to an aromatic ring is 1. The van der Waals surface area contributed by atoms with Gasteiger partial charge in [0.25, 0.3) is 0 Å². The molecule has 0 saturated carbocycles. The van der Waals surface area contributed by atoms with Crippen molar-refractivity contribution in [1.29, 1.82) is 0 Å². The first-order valence-electron chi connectivity index (χ1n) is 7.21. The van der Waals surface area contributed by atoms with Crippen molar-refractivity contribution in [3.8, 4) is 0 Å². The van der Waals surface area contributed by atoms with E-state index in [1.807, 2.05) is 12.1 Å². The second-order valence-corrected chi connectivity index (χ2v) is 6.29. The van der Waals surface area contributed by atoms with E-state index in [0.29, 0.717) is 0 Å². The molecule has 0 aliphatic heterocycles. The number of anilines is 1. The van der Waals surface area contributed by atoms with E-state index in [-0.39, 0.29) is 5.41 Å². The molecule has 108 valence electrons. The summed E-state index contributed by atoms with van der Waals surface area (Å²) in [6, 6.07) is 12.3. The number of nitrogens with one attached hydrogen (secondary N) is 1. The third-order valence-electron chi connectivity index (χ3n) is 4.32. The lowest BCUT2D eigenvalue weighted by Crippen LogP contribution is -2.20. The molecule has 3 nitrogen and oxygen atoms in total. The summed E-state index contributed by atoms with van der Waals surface area (Å²) in [5, 5.41) is 0. The fourth-order valence-corrected chi connectivity index (χ4v) is 2.60. The SMILES string of the molecule is Cc1cc2nc(C(C)(C)c3ccc(N)cc3)[nH]c2cc1C. The zero-order chi connectivity index (χ0) is 15.2. The minimum Gasteiger partial charge on any atom is -0.399 e. The number of hydrogen-bond acceptors (Lipinski definition) is 2. The molecule has 0 aliphatic rings. The van der Waals surface area contributed by atoms with Crippen LogP contribution in [0.4, 0.5) is 5.69 Å². The zero-order valence-electron chi connectivity index (χ0n) is 13.0. The third-order valence-corrected chi connectivity index (χ3v) is 4.32. The fraction of sp³-hybridized carbons (Fsp3) is 0.278. The van der Waals surface area contributed by atoms with Gasteiger partial charge in [-0.1, -0.05) is 12.1 Å². The molecule has 0 unspecified atom stereocenters. The molecule has 3 aromatic rings. The van der Waals surface area contributed by atoms with Crippen LogP contribution in [-0.4, -0.2) is 9.97 Å². The molecule has 0 atom stereocenters. The summed E-state index contributed by atoms with van der Waals surface area (Å²) in [7, 11) is 0. The monoisotopic (exact) mass is 279 g/mol. The first-order chi connectivity index (χ1) is 9.88. The summed E-state index contributed by atoms with van der Waals surface area (Å²) in [5.41, 5.74) is 12.2. The van der Waals surface area contributed by atoms with Gasteiger partial charge in [-0.3, -0.25) is 0 Å². The molecule has 0 radical (unpaired) electrons. The highest BCUT2D eigenvalue weighted by atomic mass is 14.9. The molecular formula is C18H21N3. The van der Waals surface area contributed by atoms with Crippen LogP contribution in [0.3, 0.4) is 0 Å². The highest BCUT2D eigenvalue weighted by Gasteiger charge is 2.26. The lowest BCUT2D eigenvalue weighted by atomic mass is 9.84. The number of benzene rings is 2. The van der Waals surface area contributed by atoms with Gasteiger partial charge in [-0.05, 0) is 68.7 Å². The minimum atomic E-state index is -0.186. The quantitative estimate of drug-likeness (QED) is 0.694. The summed E-state index contributed by atoms with van der Waals surface area (Å²) in [5.74, 6) is 0.979. The average Bonchev–Trinajstić information content (AvgIpc) is 2.83. The van der Waals surface area contributed by atoms with Gasteiger partial charge in [-0.15, -0.1) is 0 Å². The molecule has 3 N–H and O–H groups in total. The lowest BCUT2D eigenvalue weighted by Gasteiger charge is -2.22. The van der Waals surface area contributed by atoms with Gasteiger partial charge in [-0.25, -0.2) is 4.98 Å². The van der Waals surface area contributed by atoms with E-state index in [2.05, 4.69) is 56.9 Å². The van der Waals surface area contributed by atoms with Crippen LogP contribution in [0, 0.1) is 13.8 Å². The number of H-pyrrole nitrogens is 1. The van der Waals surface area contributed by atoms with Crippen LogP contribution in [0.2, 0.25) is 0 Å². The Kier molecular flexibility index (Phi) is 3.01. The van der Waals surface area contributed by atoms with E-state index in [9.17, 15) is 0 Å². The van der Waals surface area contributed by atoms with Gasteiger partial charge in [0.1, 0.15) is 5.82 Å². The van der Waals surface area contributed by atoms with E-state index in [1.165, 1.54) is 16.7 Å². The van der Waals surface area contributed by atoms with Gasteiger partial charge in [0.15, 0.2) is 0 Å². The molecule has 0 fully saturated rings. The van der Waals surface area contributed by atoms with Crippen molar-refractivity contribution in [3.05, 3.63) is 58.9 Å². The smallest absolute Gasteiger partial charge is 0.117 e. The number of nitrogens with two attached hydrogens (primary N) is 1. The predicted octanol–water partition coefficient (Wildman–Crippen LogP) is 4.09. The number of nitrogens with zero attached hydrogens (tertiary/aromatic N) is 1. The normalized spacial score (nSPS) is 12.0. The summed E-state index contributed by atoms with van der Waals surface area (Å²) < 4.78 is 0. The van der Waals surface area contributed by atoms with Crippen LogP contribution in [0.15, 0.2) is 36.4 Å². The zero-order valence-corrected chi connectivity index (χ0v) is 13.0. The first-order valence-corrected chi connectivity index (χ1v) is 7.21. The molecule has 0 saturated heterocycles. The Hall–Kier alpha value is -2.29. The van der Waals surface area contributed by atoms with Crippen LogP contribution in [0.5, 0.6) is 0 Å². The van der Waals surface area contributed by atoms with E-state index in [0.717, 1.165) is 22.5 Å². The summed E-state index contributed by atoms with van der Waals surface area (Å²) in [4.78, 5) is 8.27. The van der Waals surface area contributed by atoms with Crippen molar-refractivity contribution >= 4 is 16.7 Å². The molecule has 2 aromatic carbocycles. The van der Waals surface area contributed by atoms with Crippen molar-refractivity contribution in [1.82, 2.24) is 9.97 Å². The number of fused-ring (bicyclic) bond motifs is 1. The van der Waals surface area contributed by atoms with Crippen molar-refractivity contribution in [3.63, 3.8) is 0 Å². The average molecular weight is 279 g/mol. The minimum absolute atomic E-state index is 0.186. The first kappa shape index (κ1) is 13.7. The Balaban J connectivity index is 2.12. The van der Waals surface area contributed by atoms with E-state index >= 15 is 0 Å². The third kappa shape index (κ3) is 2.29. The molecule has 0 aliphatic carbocycles. The Morgan fingerprint density at radius 2 is 1.62 bits per heavy atom. The van der Waals surface area contributed by atoms with Gasteiger partial charge in [0, 0.05) is 11.1 Å². The maximum atomic E-state index is 5.78. The van der Waals surface area contributed by atoms with Crippen LogP contribution in [-0.2, 0) is 5.41 Å². The van der Waals surface area contributed by atoms with Crippen LogP contribution >= 0.6 is 0 Å². The van der Waals surface area contributed by atoms with Crippen molar-refractivity contribution in [2.45, 2.75) is 33.1 Å². The molecule has 21 heavy (non-hydrogen) atoms. The Morgan fingerprint density at radius 3 is 2.29 bits per heavy atom. The molecule has 0 amide bonds. The molecule has 1 heterocycles. The topological polar surface area (TPSA) is 54.7 Å². The second-order valence-electron chi connectivity index (χ2n) is 6.29. The van der Waals surface area contributed by atoms with E-state index in [4.69, 9.17) is 10.7 Å². The highest BCUT2D eigenvalue weighted by Crippen LogP contribution is 2.31. The number of hydrogen-bond donors (Lipinski definition) is 2. The van der Waals surface area contributed by atoms with Gasteiger partial charge in [0.05, 0.1) is 11.0 Å². The van der Waals surface area contributed by atoms with Gasteiger partial charge < -0.3 is 10.7 Å². The molecule has 3 rings (SSSR count). The lowest BCUT2D eigenvalue weighted by molar-refractivity contribution is 0.601. The number of imidazole rings is 1. The number of rotatable bonds is 2. The maximum absolute atomic E-state index is 5.78. The number of aromatic amines is 1. The van der Waals surface area contributed by atoms with Crippen molar-refractivity contribution in [2.24, 2.45) is 0 Å². The molecular weight excluding hydrogens is 258 g/mol.